The molecule has 21 heavy (non-hydrogen) atoms. The van der Waals surface area contributed by atoms with Crippen LogP contribution in [0.2, 0.25) is 0 Å². The van der Waals surface area contributed by atoms with Crippen molar-refractivity contribution in [1.29, 1.82) is 0 Å². The Morgan fingerprint density at radius 2 is 2.33 bits per heavy atom. The van der Waals surface area contributed by atoms with Crippen molar-refractivity contribution in [3.8, 4) is 5.75 Å². The van der Waals surface area contributed by atoms with Crippen LogP contribution in [0.4, 0.5) is 15.8 Å². The molecule has 1 heterocycles. The summed E-state index contributed by atoms with van der Waals surface area (Å²) in [6, 6.07) is 4.87. The zero-order valence-corrected chi connectivity index (χ0v) is 11.8. The third kappa shape index (κ3) is 3.26. The number of anilines is 2. The van der Waals surface area contributed by atoms with E-state index >= 15 is 0 Å². The third-order valence-corrected chi connectivity index (χ3v) is 3.34. The smallest absolute Gasteiger partial charge is 0.345 e. The number of hydrogen-bond acceptors (Lipinski definition) is 7. The quantitative estimate of drug-likeness (QED) is 0.496. The first-order valence-corrected chi connectivity index (χ1v) is 6.77. The van der Waals surface area contributed by atoms with Crippen molar-refractivity contribution in [2.45, 2.75) is 6.92 Å². The predicted octanol–water partition coefficient (Wildman–Crippen LogP) is 2.28. The van der Waals surface area contributed by atoms with Gasteiger partial charge in [0.2, 0.25) is 0 Å². The summed E-state index contributed by atoms with van der Waals surface area (Å²) in [5.41, 5.74) is 6.23. The molecule has 0 radical (unpaired) electrons. The van der Waals surface area contributed by atoms with Crippen LogP contribution < -0.4 is 15.8 Å². The number of nitro groups is 1. The first-order valence-electron chi connectivity index (χ1n) is 5.95. The first kappa shape index (κ1) is 14.7. The molecule has 0 aliphatic heterocycles. The summed E-state index contributed by atoms with van der Waals surface area (Å²) >= 11 is 0.765. The van der Waals surface area contributed by atoms with Gasteiger partial charge in [0.1, 0.15) is 17.5 Å². The van der Waals surface area contributed by atoms with Crippen LogP contribution in [0, 0.1) is 10.1 Å². The molecule has 0 atom stereocenters. The van der Waals surface area contributed by atoms with E-state index < -0.39 is 10.8 Å². The number of amides is 1. The summed E-state index contributed by atoms with van der Waals surface area (Å²) in [7, 11) is 0. The van der Waals surface area contributed by atoms with E-state index in [4.69, 9.17) is 10.5 Å². The number of nitrogens with one attached hydrogen (secondary N) is 1. The molecule has 0 aliphatic carbocycles. The maximum absolute atomic E-state index is 12.2. The summed E-state index contributed by atoms with van der Waals surface area (Å²) in [6.45, 7) is 2.17. The van der Waals surface area contributed by atoms with Crippen LogP contribution >= 0.6 is 11.3 Å². The van der Waals surface area contributed by atoms with Crippen molar-refractivity contribution in [3.05, 3.63) is 40.1 Å². The van der Waals surface area contributed by atoms with Crippen LogP contribution in [0.25, 0.3) is 0 Å². The SMILES string of the molecule is CCOc1cccc(N)c1C(=O)Nc1ncc([N+](=O)[O-])s1. The molecular weight excluding hydrogens is 296 g/mol. The summed E-state index contributed by atoms with van der Waals surface area (Å²) in [6.07, 6.45) is 1.08. The van der Waals surface area contributed by atoms with Gasteiger partial charge < -0.3 is 10.5 Å². The second-order valence-electron chi connectivity index (χ2n) is 3.87. The van der Waals surface area contributed by atoms with Crippen molar-refractivity contribution in [1.82, 2.24) is 4.98 Å². The molecule has 0 unspecified atom stereocenters. The zero-order valence-electron chi connectivity index (χ0n) is 11.0. The number of nitrogens with two attached hydrogens (primary N) is 1. The van der Waals surface area contributed by atoms with E-state index in [0.717, 1.165) is 17.5 Å². The lowest BCUT2D eigenvalue weighted by atomic mass is 10.1. The van der Waals surface area contributed by atoms with Crippen LogP contribution in [0.1, 0.15) is 17.3 Å². The minimum Gasteiger partial charge on any atom is -0.493 e. The second-order valence-corrected chi connectivity index (χ2v) is 4.88. The van der Waals surface area contributed by atoms with Gasteiger partial charge in [-0.15, -0.1) is 0 Å². The van der Waals surface area contributed by atoms with Gasteiger partial charge in [0.25, 0.3) is 5.91 Å². The highest BCUT2D eigenvalue weighted by Gasteiger charge is 2.19. The molecule has 0 saturated carbocycles. The number of nitrogen functional groups attached to an aromatic ring is 1. The Labute approximate surface area is 123 Å². The van der Waals surface area contributed by atoms with E-state index in [9.17, 15) is 14.9 Å². The Morgan fingerprint density at radius 3 is 2.95 bits per heavy atom. The Kier molecular flexibility index (Phi) is 4.33. The molecular formula is C12H12N4O4S. The predicted molar refractivity (Wildman–Crippen MR) is 78.7 cm³/mol. The van der Waals surface area contributed by atoms with E-state index in [1.54, 1.807) is 25.1 Å². The van der Waals surface area contributed by atoms with Crippen molar-refractivity contribution in [3.63, 3.8) is 0 Å². The van der Waals surface area contributed by atoms with Gasteiger partial charge >= 0.3 is 5.00 Å². The molecule has 110 valence electrons. The number of benzene rings is 1. The third-order valence-electron chi connectivity index (χ3n) is 2.48. The van der Waals surface area contributed by atoms with Gasteiger partial charge in [-0.2, -0.15) is 0 Å². The lowest BCUT2D eigenvalue weighted by Gasteiger charge is -2.11. The summed E-state index contributed by atoms with van der Waals surface area (Å²) in [4.78, 5) is 26.0. The molecule has 9 heteroatoms. The van der Waals surface area contributed by atoms with E-state index in [1.165, 1.54) is 0 Å². The Morgan fingerprint density at radius 1 is 1.57 bits per heavy atom. The van der Waals surface area contributed by atoms with Gasteiger partial charge in [0.05, 0.1) is 11.5 Å². The number of carbonyl (C=O) groups excluding carboxylic acids is 1. The van der Waals surface area contributed by atoms with Gasteiger partial charge in [0, 0.05) is 5.69 Å². The fourth-order valence-electron chi connectivity index (χ4n) is 1.63. The normalized spacial score (nSPS) is 10.1. The highest BCUT2D eigenvalue weighted by Crippen LogP contribution is 2.28. The van der Waals surface area contributed by atoms with Crippen LogP contribution in [0.5, 0.6) is 5.75 Å². The average Bonchev–Trinajstić information content (AvgIpc) is 2.87. The van der Waals surface area contributed by atoms with E-state index in [2.05, 4.69) is 10.3 Å². The highest BCUT2D eigenvalue weighted by atomic mass is 32.1. The van der Waals surface area contributed by atoms with E-state index in [-0.39, 0.29) is 21.4 Å². The molecule has 2 rings (SSSR count). The van der Waals surface area contributed by atoms with Crippen molar-refractivity contribution >= 4 is 33.1 Å². The van der Waals surface area contributed by atoms with Gasteiger partial charge in [-0.25, -0.2) is 4.98 Å². The van der Waals surface area contributed by atoms with E-state index in [0.29, 0.717) is 12.4 Å². The van der Waals surface area contributed by atoms with Crippen LogP contribution in [-0.2, 0) is 0 Å². The molecule has 0 saturated heterocycles. The number of rotatable bonds is 5. The first-order chi connectivity index (χ1) is 10.0. The van der Waals surface area contributed by atoms with Crippen LogP contribution in [0.15, 0.2) is 24.4 Å². The minimum absolute atomic E-state index is 0.123. The fourth-order valence-corrected chi connectivity index (χ4v) is 2.26. The molecule has 2 aromatic rings. The molecule has 1 amide bonds. The monoisotopic (exact) mass is 308 g/mol. The van der Waals surface area contributed by atoms with E-state index in [1.807, 2.05) is 0 Å². The van der Waals surface area contributed by atoms with Gasteiger partial charge in [-0.1, -0.05) is 6.07 Å². The lowest BCUT2D eigenvalue weighted by Crippen LogP contribution is -2.15. The molecule has 1 aromatic heterocycles. The number of carbonyl (C=O) groups is 1. The number of thiazole rings is 1. The van der Waals surface area contributed by atoms with Crippen molar-refractivity contribution in [2.24, 2.45) is 0 Å². The maximum atomic E-state index is 12.2. The molecule has 1 aromatic carbocycles. The fraction of sp³-hybridized carbons (Fsp3) is 0.167. The summed E-state index contributed by atoms with van der Waals surface area (Å²) in [5.74, 6) is -0.179. The Balaban J connectivity index is 2.25. The summed E-state index contributed by atoms with van der Waals surface area (Å²) in [5, 5.41) is 13.0. The van der Waals surface area contributed by atoms with Crippen LogP contribution in [0.3, 0.4) is 0 Å². The number of hydrogen-bond donors (Lipinski definition) is 2. The Bertz CT molecular complexity index is 686. The van der Waals surface area contributed by atoms with Gasteiger partial charge in [0.15, 0.2) is 5.13 Å². The molecule has 3 N–H and O–H groups in total. The molecule has 0 spiro atoms. The maximum Gasteiger partial charge on any atom is 0.345 e. The molecule has 0 fully saturated rings. The average molecular weight is 308 g/mol. The molecule has 0 aliphatic rings. The zero-order chi connectivity index (χ0) is 15.4. The van der Waals surface area contributed by atoms with Crippen molar-refractivity contribution < 1.29 is 14.5 Å². The minimum atomic E-state index is -0.574. The number of ether oxygens (including phenoxy) is 1. The molecule has 8 nitrogen and oxygen atoms in total. The second kappa shape index (κ2) is 6.18. The summed E-state index contributed by atoms with van der Waals surface area (Å²) < 4.78 is 5.35. The highest BCUT2D eigenvalue weighted by molar-refractivity contribution is 7.18. The van der Waals surface area contributed by atoms with Crippen LogP contribution in [-0.4, -0.2) is 22.4 Å². The van der Waals surface area contributed by atoms with Crippen molar-refractivity contribution in [2.75, 3.05) is 17.7 Å². The van der Waals surface area contributed by atoms with Gasteiger partial charge in [-0.3, -0.25) is 20.2 Å². The largest absolute Gasteiger partial charge is 0.493 e. The number of nitrogens with zero attached hydrogens (tertiary/aromatic N) is 2. The standard InChI is InChI=1S/C12H12N4O4S/c1-2-20-8-5-3-4-7(13)10(8)11(17)15-12-14-6-9(21-12)16(18)19/h3-6H,2,13H2,1H3,(H,14,15,17). The van der Waals surface area contributed by atoms with Gasteiger partial charge in [-0.05, 0) is 30.4 Å². The Hall–Kier alpha value is -2.68. The number of aromatic nitrogens is 1. The topological polar surface area (TPSA) is 120 Å². The molecule has 0 bridgehead atoms. The lowest BCUT2D eigenvalue weighted by molar-refractivity contribution is -0.380.